The predicted molar refractivity (Wildman–Crippen MR) is 216 cm³/mol. The monoisotopic (exact) mass is 758 g/mol. The fourth-order valence-corrected chi connectivity index (χ4v) is 11.0. The van der Waals surface area contributed by atoms with Crippen LogP contribution in [0.2, 0.25) is 0 Å². The molecule has 4 heterocycles. The van der Waals surface area contributed by atoms with E-state index in [0.29, 0.717) is 24.2 Å². The highest BCUT2D eigenvalue weighted by Gasteiger charge is 2.54. The minimum Gasteiger partial charge on any atom is -0.461 e. The molecule has 294 valence electrons. The first kappa shape index (κ1) is 38.5. The second-order valence-electron chi connectivity index (χ2n) is 17.5. The number of ether oxygens (including phenoxy) is 2. The number of carbonyl (C=O) groups is 2. The number of rotatable bonds is 13. The van der Waals surface area contributed by atoms with Gasteiger partial charge in [-0.2, -0.15) is 0 Å². The average molecular weight is 759 g/mol. The molecule has 2 N–H and O–H groups in total. The van der Waals surface area contributed by atoms with E-state index in [-0.39, 0.29) is 37.4 Å². The lowest BCUT2D eigenvalue weighted by Crippen LogP contribution is -2.58. The first-order chi connectivity index (χ1) is 27.2. The molecule has 8 nitrogen and oxygen atoms in total. The lowest BCUT2D eigenvalue weighted by molar-refractivity contribution is -0.961. The third kappa shape index (κ3) is 7.69. The Morgan fingerprint density at radius 2 is 0.857 bits per heavy atom. The number of aliphatic hydroxyl groups is 2. The number of benzene rings is 4. The topological polar surface area (TPSA) is 93.1 Å². The van der Waals surface area contributed by atoms with Crippen LogP contribution in [-0.4, -0.2) is 94.8 Å². The minimum atomic E-state index is -0.637. The molecule has 4 aromatic carbocycles. The molecule has 6 unspecified atom stereocenters. The quantitative estimate of drug-likeness (QED) is 0.110. The fourth-order valence-electron chi connectivity index (χ4n) is 11.0. The van der Waals surface area contributed by atoms with Crippen LogP contribution in [0.1, 0.15) is 85.5 Å². The molecule has 0 radical (unpaired) electrons. The van der Waals surface area contributed by atoms with Gasteiger partial charge in [0.1, 0.15) is 37.1 Å². The summed E-state index contributed by atoms with van der Waals surface area (Å²) < 4.78 is 14.1. The van der Waals surface area contributed by atoms with Crippen molar-refractivity contribution in [3.05, 3.63) is 131 Å². The molecule has 6 atom stereocenters. The average Bonchev–Trinajstić information content (AvgIpc) is 3.43. The molecule has 4 aliphatic heterocycles. The summed E-state index contributed by atoms with van der Waals surface area (Å²) in [6.07, 6.45) is 7.85. The normalized spacial score (nSPS) is 30.4. The van der Waals surface area contributed by atoms with E-state index < -0.39 is 11.8 Å². The summed E-state index contributed by atoms with van der Waals surface area (Å²) in [5.74, 6) is -1.91. The van der Waals surface area contributed by atoms with E-state index in [9.17, 15) is 19.8 Å². The van der Waals surface area contributed by atoms with Gasteiger partial charge in [-0.25, -0.2) is 0 Å². The van der Waals surface area contributed by atoms with Crippen LogP contribution in [-0.2, 0) is 32.2 Å². The first-order valence-corrected chi connectivity index (χ1v) is 20.8. The lowest BCUT2D eigenvalue weighted by Gasteiger charge is -2.47. The van der Waals surface area contributed by atoms with Gasteiger partial charge in [0, 0.05) is 62.5 Å². The third-order valence-corrected chi connectivity index (χ3v) is 14.3. The molecular weight excluding hydrogens is 701 g/mol. The number of carbonyl (C=O) groups excluding carboxylic acids is 2. The van der Waals surface area contributed by atoms with E-state index >= 15 is 0 Å². The van der Waals surface area contributed by atoms with Gasteiger partial charge in [0.25, 0.3) is 0 Å². The van der Waals surface area contributed by atoms with Gasteiger partial charge in [0.15, 0.2) is 0 Å². The van der Waals surface area contributed by atoms with Crippen molar-refractivity contribution < 1.29 is 38.2 Å². The zero-order valence-electron chi connectivity index (χ0n) is 32.9. The third-order valence-electron chi connectivity index (χ3n) is 14.3. The van der Waals surface area contributed by atoms with Gasteiger partial charge in [0.05, 0.1) is 51.5 Å². The van der Waals surface area contributed by atoms with E-state index in [4.69, 9.17) is 9.47 Å². The van der Waals surface area contributed by atoms with Crippen molar-refractivity contribution in [2.45, 2.75) is 113 Å². The standard InChI is InChI=1S/C48H58N2O6/c1-49(39-21-22-40(49)26-43(25-39)55-47(53)45(31-51)37-9-5-3-6-10-37)29-33-13-17-35(18-14-33)36-19-15-34(16-20-36)30-50(2)41-23-24-42(50)28-44(27-41)56-48(54)46(32-52)38-11-7-4-8-12-38/h3-20,39-46,51-52H,21-32H2,1-2H3/q+2. The summed E-state index contributed by atoms with van der Waals surface area (Å²) >= 11 is 0. The number of esters is 2. The van der Waals surface area contributed by atoms with E-state index in [0.717, 1.165) is 84.5 Å². The maximum absolute atomic E-state index is 13.1. The maximum Gasteiger partial charge on any atom is 0.316 e. The molecule has 4 aromatic rings. The van der Waals surface area contributed by atoms with E-state index in [1.807, 2.05) is 60.7 Å². The van der Waals surface area contributed by atoms with Crippen molar-refractivity contribution in [1.82, 2.24) is 0 Å². The van der Waals surface area contributed by atoms with Crippen molar-refractivity contribution >= 4 is 11.9 Å². The van der Waals surface area contributed by atoms with E-state index in [1.165, 1.54) is 22.3 Å². The van der Waals surface area contributed by atoms with Crippen molar-refractivity contribution in [3.8, 4) is 11.1 Å². The highest BCUT2D eigenvalue weighted by atomic mass is 16.5. The Kier molecular flexibility index (Phi) is 11.2. The summed E-state index contributed by atoms with van der Waals surface area (Å²) in [6, 6.07) is 38.8. The highest BCUT2D eigenvalue weighted by molar-refractivity contribution is 5.79. The molecule has 8 rings (SSSR count). The number of hydrogen-bond acceptors (Lipinski definition) is 6. The van der Waals surface area contributed by atoms with Crippen LogP contribution >= 0.6 is 0 Å². The molecule has 4 bridgehead atoms. The zero-order valence-corrected chi connectivity index (χ0v) is 32.9. The molecule has 0 spiro atoms. The smallest absolute Gasteiger partial charge is 0.316 e. The molecule has 4 fully saturated rings. The van der Waals surface area contributed by atoms with Crippen molar-refractivity contribution in [2.24, 2.45) is 0 Å². The summed E-state index contributed by atoms with van der Waals surface area (Å²) in [7, 11) is 4.77. The second kappa shape index (κ2) is 16.3. The predicted octanol–water partition coefficient (Wildman–Crippen LogP) is 7.27. The number of hydrogen-bond donors (Lipinski definition) is 2. The van der Waals surface area contributed by atoms with Crippen LogP contribution in [0.25, 0.3) is 11.1 Å². The van der Waals surface area contributed by atoms with Crippen molar-refractivity contribution in [1.29, 1.82) is 0 Å². The number of piperidine rings is 2. The SMILES string of the molecule is C[N+]1(Cc2ccc(-c3ccc(C[N+]4(C)C5CCC4CC(OC(=O)C(CO)c4ccccc4)C5)cc3)cc2)C2CCC1CC(OC(=O)C(CO)c1ccccc1)C2. The molecule has 8 heteroatoms. The van der Waals surface area contributed by atoms with Crippen LogP contribution in [0.3, 0.4) is 0 Å². The summed E-state index contributed by atoms with van der Waals surface area (Å²) in [4.78, 5) is 26.2. The summed E-state index contributed by atoms with van der Waals surface area (Å²) in [5, 5.41) is 20.0. The van der Waals surface area contributed by atoms with Crippen molar-refractivity contribution in [2.75, 3.05) is 27.3 Å². The molecular formula is C48H58N2O6+2. The van der Waals surface area contributed by atoms with E-state index in [2.05, 4.69) is 62.6 Å². The Morgan fingerprint density at radius 1 is 0.536 bits per heavy atom. The van der Waals surface area contributed by atoms with Crippen LogP contribution < -0.4 is 0 Å². The second-order valence-corrected chi connectivity index (χ2v) is 17.5. The van der Waals surface area contributed by atoms with Gasteiger partial charge < -0.3 is 28.7 Å². The van der Waals surface area contributed by atoms with Gasteiger partial charge in [-0.05, 0) is 22.3 Å². The van der Waals surface area contributed by atoms with Gasteiger partial charge in [-0.1, -0.05) is 109 Å². The molecule has 0 aromatic heterocycles. The maximum atomic E-state index is 13.1. The van der Waals surface area contributed by atoms with Crippen molar-refractivity contribution in [3.63, 3.8) is 0 Å². The largest absolute Gasteiger partial charge is 0.461 e. The highest BCUT2D eigenvalue weighted by Crippen LogP contribution is 2.45. The Hall–Kier alpha value is -4.34. The summed E-state index contributed by atoms with van der Waals surface area (Å²) in [5.41, 5.74) is 6.69. The van der Waals surface area contributed by atoms with Gasteiger partial charge in [0.2, 0.25) is 0 Å². The van der Waals surface area contributed by atoms with Crippen LogP contribution in [0.5, 0.6) is 0 Å². The Bertz CT molecular complexity index is 1780. The number of fused-ring (bicyclic) bond motifs is 4. The molecule has 56 heavy (non-hydrogen) atoms. The molecule has 4 saturated heterocycles. The minimum absolute atomic E-state index is 0.101. The van der Waals surface area contributed by atoms with Crippen LogP contribution in [0.15, 0.2) is 109 Å². The number of nitrogens with zero attached hydrogens (tertiary/aromatic N) is 2. The summed E-state index contributed by atoms with van der Waals surface area (Å²) in [6.45, 7) is 1.43. The lowest BCUT2D eigenvalue weighted by atomic mass is 9.94. The zero-order chi connectivity index (χ0) is 38.9. The van der Waals surface area contributed by atoms with Gasteiger partial charge in [-0.3, -0.25) is 9.59 Å². The Balaban J connectivity index is 0.849. The molecule has 0 aliphatic carbocycles. The molecule has 0 amide bonds. The Labute approximate surface area is 331 Å². The van der Waals surface area contributed by atoms with Crippen LogP contribution in [0, 0.1) is 0 Å². The van der Waals surface area contributed by atoms with Gasteiger partial charge in [-0.15, -0.1) is 0 Å². The number of quaternary nitrogens is 2. The molecule has 0 saturated carbocycles. The molecule has 4 aliphatic rings. The fraction of sp³-hybridized carbons (Fsp3) is 0.458. The van der Waals surface area contributed by atoms with Gasteiger partial charge >= 0.3 is 11.9 Å². The van der Waals surface area contributed by atoms with Crippen LogP contribution in [0.4, 0.5) is 0 Å². The Morgan fingerprint density at radius 3 is 1.16 bits per heavy atom. The van der Waals surface area contributed by atoms with E-state index in [1.54, 1.807) is 0 Å². The first-order valence-electron chi connectivity index (χ1n) is 20.8. The number of aliphatic hydroxyl groups excluding tert-OH is 2.